The molecule has 4 rings (SSSR count). The van der Waals surface area contributed by atoms with Gasteiger partial charge >= 0.3 is 0 Å². The molecule has 0 spiro atoms. The largest absolute Gasteiger partial charge is 0.396 e. The number of allylic oxidation sites excluding steroid dienone is 1. The van der Waals surface area contributed by atoms with Gasteiger partial charge in [-0.25, -0.2) is 0 Å². The molecule has 174 valence electrons. The normalized spacial score (nSPS) is 44.0. The molecule has 2 N–H and O–H groups in total. The van der Waals surface area contributed by atoms with Gasteiger partial charge in [0.25, 0.3) is 0 Å². The number of carbonyl (C=O) groups is 2. The van der Waals surface area contributed by atoms with Crippen molar-refractivity contribution in [2.75, 3.05) is 6.61 Å². The molecule has 0 bridgehead atoms. The van der Waals surface area contributed by atoms with Crippen LogP contribution in [0.1, 0.15) is 85.5 Å². The highest BCUT2D eigenvalue weighted by atomic mass is 16.3. The van der Waals surface area contributed by atoms with Gasteiger partial charge in [-0.1, -0.05) is 39.3 Å². The second kappa shape index (κ2) is 8.41. The Kier molecular flexibility index (Phi) is 6.28. The van der Waals surface area contributed by atoms with E-state index in [1.54, 1.807) is 0 Å². The topological polar surface area (TPSA) is 74.6 Å². The molecular weight excluding hydrogens is 388 g/mol. The second-order valence-corrected chi connectivity index (χ2v) is 11.9. The Labute approximate surface area is 187 Å². The van der Waals surface area contributed by atoms with Crippen molar-refractivity contribution in [2.45, 2.75) is 91.6 Å². The summed E-state index contributed by atoms with van der Waals surface area (Å²) in [6, 6.07) is 0. The molecule has 0 unspecified atom stereocenters. The molecule has 4 aliphatic carbocycles. The number of ketones is 2. The fraction of sp³-hybridized carbons (Fsp3) is 0.852. The van der Waals surface area contributed by atoms with Gasteiger partial charge in [0.2, 0.25) is 0 Å². The van der Waals surface area contributed by atoms with Crippen molar-refractivity contribution >= 4 is 11.6 Å². The maximum absolute atomic E-state index is 13.3. The van der Waals surface area contributed by atoms with Crippen LogP contribution in [0, 0.1) is 46.3 Å². The molecule has 3 saturated carbocycles. The second-order valence-electron chi connectivity index (χ2n) is 11.9. The van der Waals surface area contributed by atoms with E-state index in [0.717, 1.165) is 38.5 Å². The van der Waals surface area contributed by atoms with Crippen molar-refractivity contribution in [3.8, 4) is 0 Å². The smallest absolute Gasteiger partial charge is 0.137 e. The van der Waals surface area contributed by atoms with Crippen molar-refractivity contribution in [2.24, 2.45) is 46.3 Å². The minimum absolute atomic E-state index is 0.0776. The van der Waals surface area contributed by atoms with Gasteiger partial charge in [-0.3, -0.25) is 9.59 Å². The first-order valence-corrected chi connectivity index (χ1v) is 12.7. The number of carbonyl (C=O) groups excluding carboxylic acids is 2. The third-order valence-corrected chi connectivity index (χ3v) is 10.2. The number of aliphatic hydroxyl groups is 2. The molecular formula is C27H42O4. The van der Waals surface area contributed by atoms with E-state index in [0.29, 0.717) is 42.8 Å². The van der Waals surface area contributed by atoms with E-state index < -0.39 is 0 Å². The quantitative estimate of drug-likeness (QED) is 0.598. The average molecular weight is 431 g/mol. The number of fused-ring (bicyclic) bond motifs is 5. The van der Waals surface area contributed by atoms with Gasteiger partial charge in [-0.2, -0.15) is 0 Å². The van der Waals surface area contributed by atoms with Crippen LogP contribution in [-0.2, 0) is 9.59 Å². The van der Waals surface area contributed by atoms with Crippen molar-refractivity contribution in [3.63, 3.8) is 0 Å². The number of hydrogen-bond donors (Lipinski definition) is 2. The van der Waals surface area contributed by atoms with E-state index in [-0.39, 0.29) is 47.1 Å². The van der Waals surface area contributed by atoms with Gasteiger partial charge in [0, 0.05) is 31.3 Å². The summed E-state index contributed by atoms with van der Waals surface area (Å²) in [6.07, 6.45) is 9.96. The molecule has 0 heterocycles. The van der Waals surface area contributed by atoms with E-state index in [1.165, 1.54) is 5.57 Å². The molecule has 0 aromatic carbocycles. The number of Topliss-reactive ketones (excluding diaryl/α,β-unsaturated/α-hetero) is 2. The molecule has 4 nitrogen and oxygen atoms in total. The molecule has 0 aliphatic heterocycles. The van der Waals surface area contributed by atoms with Crippen LogP contribution in [0.15, 0.2) is 11.6 Å². The molecule has 0 amide bonds. The Morgan fingerprint density at radius 3 is 2.61 bits per heavy atom. The van der Waals surface area contributed by atoms with Crippen LogP contribution in [0.4, 0.5) is 0 Å². The first-order valence-electron chi connectivity index (χ1n) is 12.7. The van der Waals surface area contributed by atoms with E-state index >= 15 is 0 Å². The van der Waals surface area contributed by atoms with Crippen LogP contribution < -0.4 is 0 Å². The predicted molar refractivity (Wildman–Crippen MR) is 121 cm³/mol. The lowest BCUT2D eigenvalue weighted by Gasteiger charge is -2.58. The third-order valence-electron chi connectivity index (χ3n) is 10.2. The molecule has 0 aromatic rings. The summed E-state index contributed by atoms with van der Waals surface area (Å²) in [5.74, 6) is 1.75. The fourth-order valence-corrected chi connectivity index (χ4v) is 8.22. The lowest BCUT2D eigenvalue weighted by molar-refractivity contribution is -0.134. The van der Waals surface area contributed by atoms with Crippen LogP contribution in [0.25, 0.3) is 0 Å². The van der Waals surface area contributed by atoms with Crippen LogP contribution in [0.2, 0.25) is 0 Å². The molecule has 9 atom stereocenters. The molecule has 3 fully saturated rings. The number of rotatable bonds is 6. The summed E-state index contributed by atoms with van der Waals surface area (Å²) in [5, 5.41) is 19.5. The Morgan fingerprint density at radius 2 is 1.90 bits per heavy atom. The zero-order chi connectivity index (χ0) is 22.6. The first kappa shape index (κ1) is 23.2. The highest BCUT2D eigenvalue weighted by Crippen LogP contribution is 2.66. The van der Waals surface area contributed by atoms with Gasteiger partial charge < -0.3 is 10.2 Å². The average Bonchev–Trinajstić information content (AvgIpc) is 3.01. The zero-order valence-corrected chi connectivity index (χ0v) is 19.9. The van der Waals surface area contributed by atoms with Crippen LogP contribution in [0.5, 0.6) is 0 Å². The number of hydrogen-bond acceptors (Lipinski definition) is 4. The summed E-state index contributed by atoms with van der Waals surface area (Å²) in [5.41, 5.74) is 1.55. The Morgan fingerprint density at radius 1 is 1.16 bits per heavy atom. The standard InChI is InChI=1S/C27H42O4/c1-16(15-28)5-8-23(30)17(2)25-24(31)14-22-20-7-6-18-13-19(29)9-11-26(18,3)21(20)10-12-27(22,25)4/h6,16-17,19-22,25,28-29H,5,7-15H2,1-4H3/t16-,17-,19+,20-,21+,22+,25+,26+,27+/m1/s1. The highest BCUT2D eigenvalue weighted by Gasteiger charge is 2.62. The van der Waals surface area contributed by atoms with Gasteiger partial charge in [0.05, 0.1) is 6.10 Å². The molecule has 0 aromatic heterocycles. The maximum Gasteiger partial charge on any atom is 0.137 e. The lowest BCUT2D eigenvalue weighted by Crippen LogP contribution is -2.51. The van der Waals surface area contributed by atoms with Crippen molar-refractivity contribution in [1.29, 1.82) is 0 Å². The predicted octanol–water partition coefficient (Wildman–Crippen LogP) is 4.72. The van der Waals surface area contributed by atoms with Crippen LogP contribution in [0.3, 0.4) is 0 Å². The van der Waals surface area contributed by atoms with E-state index in [9.17, 15) is 19.8 Å². The molecule has 4 aliphatic rings. The van der Waals surface area contributed by atoms with Gasteiger partial charge in [-0.15, -0.1) is 0 Å². The van der Waals surface area contributed by atoms with E-state index in [2.05, 4.69) is 19.9 Å². The molecule has 0 radical (unpaired) electrons. The minimum atomic E-state index is -0.222. The van der Waals surface area contributed by atoms with Gasteiger partial charge in [0.15, 0.2) is 0 Å². The first-order chi connectivity index (χ1) is 14.6. The molecule has 0 saturated heterocycles. The molecule has 31 heavy (non-hydrogen) atoms. The van der Waals surface area contributed by atoms with Crippen LogP contribution in [-0.4, -0.2) is 34.5 Å². The van der Waals surface area contributed by atoms with Crippen molar-refractivity contribution in [3.05, 3.63) is 11.6 Å². The Hall–Kier alpha value is -1.00. The summed E-state index contributed by atoms with van der Waals surface area (Å²) >= 11 is 0. The Bertz CT molecular complexity index is 756. The van der Waals surface area contributed by atoms with E-state index in [1.807, 2.05) is 13.8 Å². The Balaban J connectivity index is 1.54. The minimum Gasteiger partial charge on any atom is -0.396 e. The number of aliphatic hydroxyl groups excluding tert-OH is 2. The zero-order valence-electron chi connectivity index (χ0n) is 19.9. The van der Waals surface area contributed by atoms with E-state index in [4.69, 9.17) is 0 Å². The van der Waals surface area contributed by atoms with Gasteiger partial charge in [0.1, 0.15) is 11.6 Å². The summed E-state index contributed by atoms with van der Waals surface area (Å²) in [7, 11) is 0. The maximum atomic E-state index is 13.3. The lowest BCUT2D eigenvalue weighted by atomic mass is 9.47. The fourth-order valence-electron chi connectivity index (χ4n) is 8.22. The molecule has 4 heteroatoms. The third kappa shape index (κ3) is 3.76. The summed E-state index contributed by atoms with van der Waals surface area (Å²) in [6.45, 7) is 8.77. The van der Waals surface area contributed by atoms with Gasteiger partial charge in [-0.05, 0) is 79.4 Å². The monoisotopic (exact) mass is 430 g/mol. The van der Waals surface area contributed by atoms with Crippen LogP contribution >= 0.6 is 0 Å². The van der Waals surface area contributed by atoms with Crippen molar-refractivity contribution < 1.29 is 19.8 Å². The summed E-state index contributed by atoms with van der Waals surface area (Å²) in [4.78, 5) is 26.3. The SMILES string of the molecule is C[C@@H](CO)CCC(=O)[C@@H](C)[C@H]1C(=O)C[C@H]2[C@@H]3CC=C4C[C@@H](O)CC[C@]4(C)[C@H]3CC[C@]12C. The highest BCUT2D eigenvalue weighted by molar-refractivity contribution is 5.92. The summed E-state index contributed by atoms with van der Waals surface area (Å²) < 4.78 is 0. The van der Waals surface area contributed by atoms with Crippen molar-refractivity contribution in [1.82, 2.24) is 0 Å².